The summed E-state index contributed by atoms with van der Waals surface area (Å²) in [5.41, 5.74) is 1.79. The van der Waals surface area contributed by atoms with Crippen molar-refractivity contribution in [2.75, 3.05) is 26.2 Å². The predicted octanol–water partition coefficient (Wildman–Crippen LogP) is 2.10. The van der Waals surface area contributed by atoms with Crippen molar-refractivity contribution in [3.63, 3.8) is 0 Å². The Hall–Kier alpha value is -3.22. The Bertz CT molecular complexity index is 840. The topological polar surface area (TPSA) is 101 Å². The van der Waals surface area contributed by atoms with Crippen molar-refractivity contribution in [2.24, 2.45) is 0 Å². The second kappa shape index (κ2) is 7.57. The molecule has 2 amide bonds. The number of phenolic OH excluding ortho intramolecular Hbond substituents is 3. The molecule has 0 atom stereocenters. The molecule has 0 bridgehead atoms. The van der Waals surface area contributed by atoms with Gasteiger partial charge in [-0.25, -0.2) is 0 Å². The van der Waals surface area contributed by atoms with E-state index < -0.39 is 17.2 Å². The van der Waals surface area contributed by atoms with Crippen molar-refractivity contribution in [3.05, 3.63) is 53.1 Å². The van der Waals surface area contributed by atoms with E-state index in [9.17, 15) is 24.9 Å². The van der Waals surface area contributed by atoms with Crippen LogP contribution in [0.4, 0.5) is 0 Å². The molecule has 1 heterocycles. The van der Waals surface area contributed by atoms with E-state index in [1.807, 2.05) is 19.1 Å². The zero-order valence-corrected chi connectivity index (χ0v) is 15.1. The molecule has 0 unspecified atom stereocenters. The smallest absolute Gasteiger partial charge is 0.254 e. The number of rotatable bonds is 2. The molecule has 7 nitrogen and oxygen atoms in total. The molecule has 2 aromatic carbocycles. The molecule has 1 aliphatic rings. The van der Waals surface area contributed by atoms with Gasteiger partial charge in [0.15, 0.2) is 17.2 Å². The van der Waals surface area contributed by atoms with Gasteiger partial charge in [-0.05, 0) is 37.6 Å². The lowest BCUT2D eigenvalue weighted by Gasteiger charge is -2.22. The highest BCUT2D eigenvalue weighted by atomic mass is 16.3. The predicted molar refractivity (Wildman–Crippen MR) is 99.0 cm³/mol. The zero-order chi connectivity index (χ0) is 19.6. The second-order valence-corrected chi connectivity index (χ2v) is 6.67. The summed E-state index contributed by atoms with van der Waals surface area (Å²) in [5.74, 6) is -2.19. The highest BCUT2D eigenvalue weighted by molar-refractivity contribution is 5.96. The van der Waals surface area contributed by atoms with Gasteiger partial charge in [-0.1, -0.05) is 17.7 Å². The molecule has 1 aliphatic heterocycles. The molecule has 0 spiro atoms. The van der Waals surface area contributed by atoms with Crippen LogP contribution in [0.25, 0.3) is 0 Å². The molecule has 1 saturated heterocycles. The van der Waals surface area contributed by atoms with Crippen LogP contribution in [0.3, 0.4) is 0 Å². The van der Waals surface area contributed by atoms with Crippen LogP contribution in [0.15, 0.2) is 36.4 Å². The summed E-state index contributed by atoms with van der Waals surface area (Å²) >= 11 is 0. The Balaban J connectivity index is 1.70. The van der Waals surface area contributed by atoms with Gasteiger partial charge in [0.1, 0.15) is 0 Å². The fourth-order valence-electron chi connectivity index (χ4n) is 3.11. The summed E-state index contributed by atoms with van der Waals surface area (Å²) in [6, 6.07) is 9.63. The number of aryl methyl sites for hydroxylation is 1. The van der Waals surface area contributed by atoms with Crippen LogP contribution in [0, 0.1) is 6.92 Å². The minimum Gasteiger partial charge on any atom is -0.504 e. The first-order valence-electron chi connectivity index (χ1n) is 8.77. The minimum absolute atomic E-state index is 0.0655. The van der Waals surface area contributed by atoms with E-state index in [1.54, 1.807) is 21.9 Å². The van der Waals surface area contributed by atoms with Gasteiger partial charge >= 0.3 is 0 Å². The molecule has 0 saturated carbocycles. The lowest BCUT2D eigenvalue weighted by atomic mass is 10.1. The van der Waals surface area contributed by atoms with Crippen LogP contribution >= 0.6 is 0 Å². The molecule has 0 aliphatic carbocycles. The van der Waals surface area contributed by atoms with Gasteiger partial charge in [-0.15, -0.1) is 0 Å². The lowest BCUT2D eigenvalue weighted by molar-refractivity contribution is 0.0718. The third-order valence-corrected chi connectivity index (χ3v) is 4.69. The number of phenols is 3. The average molecular weight is 370 g/mol. The maximum absolute atomic E-state index is 12.7. The van der Waals surface area contributed by atoms with E-state index in [4.69, 9.17) is 0 Å². The summed E-state index contributed by atoms with van der Waals surface area (Å²) in [5, 5.41) is 28.6. The first-order chi connectivity index (χ1) is 12.9. The lowest BCUT2D eigenvalue weighted by Crippen LogP contribution is -2.37. The third-order valence-electron chi connectivity index (χ3n) is 4.69. The Kier molecular flexibility index (Phi) is 5.21. The van der Waals surface area contributed by atoms with Crippen molar-refractivity contribution in [1.82, 2.24) is 9.80 Å². The SMILES string of the molecule is Cc1ccc(C(=O)N2CCCN(C(=O)c3cc(O)c(O)c(O)c3)CC2)cc1. The summed E-state index contributed by atoms with van der Waals surface area (Å²) in [6.45, 7) is 3.71. The van der Waals surface area contributed by atoms with Crippen LogP contribution < -0.4 is 0 Å². The van der Waals surface area contributed by atoms with E-state index >= 15 is 0 Å². The molecule has 0 radical (unpaired) electrons. The minimum atomic E-state index is -0.655. The summed E-state index contributed by atoms with van der Waals surface area (Å²) < 4.78 is 0. The highest BCUT2D eigenvalue weighted by Crippen LogP contribution is 2.35. The Morgan fingerprint density at radius 2 is 1.26 bits per heavy atom. The molecule has 142 valence electrons. The average Bonchev–Trinajstić information content (AvgIpc) is 2.91. The normalized spacial score (nSPS) is 14.7. The Morgan fingerprint density at radius 1 is 0.778 bits per heavy atom. The third kappa shape index (κ3) is 3.97. The van der Waals surface area contributed by atoms with E-state index in [0.29, 0.717) is 38.2 Å². The van der Waals surface area contributed by atoms with Crippen LogP contribution in [-0.4, -0.2) is 63.1 Å². The molecule has 0 aromatic heterocycles. The molecular weight excluding hydrogens is 348 g/mol. The van der Waals surface area contributed by atoms with E-state index in [-0.39, 0.29) is 17.4 Å². The number of carbonyl (C=O) groups excluding carboxylic acids is 2. The maximum atomic E-state index is 12.7. The number of benzene rings is 2. The summed E-state index contributed by atoms with van der Waals surface area (Å²) in [4.78, 5) is 28.6. The zero-order valence-electron chi connectivity index (χ0n) is 15.1. The van der Waals surface area contributed by atoms with Gasteiger partial charge in [0.2, 0.25) is 0 Å². The summed E-state index contributed by atoms with van der Waals surface area (Å²) in [6.07, 6.45) is 0.624. The molecule has 2 aromatic rings. The molecule has 27 heavy (non-hydrogen) atoms. The van der Waals surface area contributed by atoms with Crippen LogP contribution in [0.2, 0.25) is 0 Å². The van der Waals surface area contributed by atoms with Crippen molar-refractivity contribution in [1.29, 1.82) is 0 Å². The van der Waals surface area contributed by atoms with Crippen molar-refractivity contribution >= 4 is 11.8 Å². The van der Waals surface area contributed by atoms with Crippen LogP contribution in [0.5, 0.6) is 17.2 Å². The standard InChI is InChI=1S/C20H22N2O5/c1-13-3-5-14(6-4-13)19(26)21-7-2-8-22(10-9-21)20(27)15-11-16(23)18(25)17(24)12-15/h3-6,11-12,23-25H,2,7-10H2,1H3. The van der Waals surface area contributed by atoms with Gasteiger partial charge < -0.3 is 25.1 Å². The van der Waals surface area contributed by atoms with Crippen molar-refractivity contribution in [3.8, 4) is 17.2 Å². The molecule has 1 fully saturated rings. The van der Waals surface area contributed by atoms with Crippen molar-refractivity contribution in [2.45, 2.75) is 13.3 Å². The molecule has 3 N–H and O–H groups in total. The van der Waals surface area contributed by atoms with E-state index in [0.717, 1.165) is 17.7 Å². The first-order valence-corrected chi connectivity index (χ1v) is 8.77. The van der Waals surface area contributed by atoms with Gasteiger partial charge in [0.05, 0.1) is 0 Å². The highest BCUT2D eigenvalue weighted by Gasteiger charge is 2.24. The monoisotopic (exact) mass is 370 g/mol. The van der Waals surface area contributed by atoms with Gasteiger partial charge in [-0.2, -0.15) is 0 Å². The van der Waals surface area contributed by atoms with Gasteiger partial charge in [0.25, 0.3) is 11.8 Å². The van der Waals surface area contributed by atoms with Crippen LogP contribution in [-0.2, 0) is 0 Å². The molecule has 7 heteroatoms. The maximum Gasteiger partial charge on any atom is 0.254 e. The summed E-state index contributed by atoms with van der Waals surface area (Å²) in [7, 11) is 0. The van der Waals surface area contributed by atoms with Gasteiger partial charge in [0, 0.05) is 37.3 Å². The first kappa shape index (κ1) is 18.6. The number of hydrogen-bond donors (Lipinski definition) is 3. The largest absolute Gasteiger partial charge is 0.504 e. The Morgan fingerprint density at radius 3 is 1.78 bits per heavy atom. The quantitative estimate of drug-likeness (QED) is 0.703. The second-order valence-electron chi connectivity index (χ2n) is 6.67. The van der Waals surface area contributed by atoms with E-state index in [1.165, 1.54) is 0 Å². The fourth-order valence-corrected chi connectivity index (χ4v) is 3.11. The number of hydrogen-bond acceptors (Lipinski definition) is 5. The number of amides is 2. The number of carbonyl (C=O) groups is 2. The van der Waals surface area contributed by atoms with Gasteiger partial charge in [-0.3, -0.25) is 9.59 Å². The number of aromatic hydroxyl groups is 3. The van der Waals surface area contributed by atoms with Crippen LogP contribution in [0.1, 0.15) is 32.7 Å². The van der Waals surface area contributed by atoms with Crippen molar-refractivity contribution < 1.29 is 24.9 Å². The number of nitrogens with zero attached hydrogens (tertiary/aromatic N) is 2. The fraction of sp³-hybridized carbons (Fsp3) is 0.300. The molecular formula is C20H22N2O5. The van der Waals surface area contributed by atoms with E-state index in [2.05, 4.69) is 0 Å². The Labute approximate surface area is 157 Å². The molecule has 3 rings (SSSR count).